The van der Waals surface area contributed by atoms with Crippen molar-refractivity contribution in [2.24, 2.45) is 0 Å². The second-order valence-electron chi connectivity index (χ2n) is 6.49. The molecule has 2 aromatic carbocycles. The summed E-state index contributed by atoms with van der Waals surface area (Å²) >= 11 is 0. The van der Waals surface area contributed by atoms with Crippen LogP contribution in [0.5, 0.6) is 11.5 Å². The predicted octanol–water partition coefficient (Wildman–Crippen LogP) is 2.15. The third-order valence-electron chi connectivity index (χ3n) is 4.35. The highest BCUT2D eigenvalue weighted by Crippen LogP contribution is 2.32. The van der Waals surface area contributed by atoms with Gasteiger partial charge in [0.15, 0.2) is 11.5 Å². The number of carbonyl (C=O) groups excluding carboxylic acids is 1. The highest BCUT2D eigenvalue weighted by Gasteiger charge is 2.24. The van der Waals surface area contributed by atoms with Gasteiger partial charge in [-0.15, -0.1) is 0 Å². The number of rotatable bonds is 6. The van der Waals surface area contributed by atoms with Crippen molar-refractivity contribution in [3.8, 4) is 11.5 Å². The number of amides is 1. The van der Waals surface area contributed by atoms with E-state index < -0.39 is 10.0 Å². The van der Waals surface area contributed by atoms with Gasteiger partial charge in [0.25, 0.3) is 0 Å². The second kappa shape index (κ2) is 7.48. The summed E-state index contributed by atoms with van der Waals surface area (Å²) < 4.78 is 36.3. The molecule has 0 N–H and O–H groups in total. The van der Waals surface area contributed by atoms with Crippen LogP contribution < -0.4 is 13.8 Å². The van der Waals surface area contributed by atoms with E-state index in [9.17, 15) is 13.2 Å². The van der Waals surface area contributed by atoms with Crippen molar-refractivity contribution in [3.05, 3.63) is 53.6 Å². The Labute approximate surface area is 159 Å². The molecule has 7 nitrogen and oxygen atoms in total. The summed E-state index contributed by atoms with van der Waals surface area (Å²) in [6, 6.07) is 12.6. The number of benzene rings is 2. The third-order valence-corrected chi connectivity index (χ3v) is 5.47. The Morgan fingerprint density at radius 2 is 1.81 bits per heavy atom. The van der Waals surface area contributed by atoms with Crippen molar-refractivity contribution in [2.75, 3.05) is 30.9 Å². The minimum Gasteiger partial charge on any atom is -0.454 e. The minimum absolute atomic E-state index is 0.188. The molecule has 0 saturated carbocycles. The van der Waals surface area contributed by atoms with Gasteiger partial charge < -0.3 is 14.4 Å². The van der Waals surface area contributed by atoms with E-state index in [2.05, 4.69) is 0 Å². The fourth-order valence-electron chi connectivity index (χ4n) is 2.87. The first-order valence-electron chi connectivity index (χ1n) is 8.41. The fourth-order valence-corrected chi connectivity index (χ4v) is 3.78. The first-order chi connectivity index (χ1) is 12.8. The van der Waals surface area contributed by atoms with Gasteiger partial charge in [-0.2, -0.15) is 0 Å². The number of aryl methyl sites for hydroxylation is 1. The first-order valence-corrected chi connectivity index (χ1v) is 10.3. The number of hydrogen-bond donors (Lipinski definition) is 0. The lowest BCUT2D eigenvalue weighted by molar-refractivity contribution is -0.128. The third kappa shape index (κ3) is 4.33. The summed E-state index contributed by atoms with van der Waals surface area (Å²) in [5, 5.41) is 0. The van der Waals surface area contributed by atoms with Gasteiger partial charge in [0.05, 0.1) is 11.9 Å². The summed E-state index contributed by atoms with van der Waals surface area (Å²) in [4.78, 5) is 14.2. The van der Waals surface area contributed by atoms with Crippen molar-refractivity contribution in [1.29, 1.82) is 0 Å². The smallest absolute Gasteiger partial charge is 0.243 e. The highest BCUT2D eigenvalue weighted by molar-refractivity contribution is 7.92. The molecular formula is C19H22N2O5S. The summed E-state index contributed by atoms with van der Waals surface area (Å²) in [5.74, 6) is 1.02. The molecule has 144 valence electrons. The molecule has 0 fully saturated rings. The van der Waals surface area contributed by atoms with E-state index in [1.54, 1.807) is 25.2 Å². The molecule has 1 aliphatic rings. The summed E-state index contributed by atoms with van der Waals surface area (Å²) in [6.45, 7) is 2.08. The molecule has 1 aliphatic heterocycles. The zero-order valence-electron chi connectivity index (χ0n) is 15.5. The minimum atomic E-state index is -3.60. The Hall–Kier alpha value is -2.74. The summed E-state index contributed by atoms with van der Waals surface area (Å²) in [6.07, 6.45) is 1.10. The zero-order chi connectivity index (χ0) is 19.6. The van der Waals surface area contributed by atoms with Crippen LogP contribution in [0.4, 0.5) is 5.69 Å². The van der Waals surface area contributed by atoms with Gasteiger partial charge in [-0.25, -0.2) is 8.42 Å². The molecule has 0 radical (unpaired) electrons. The van der Waals surface area contributed by atoms with E-state index in [1.165, 1.54) is 4.90 Å². The number of anilines is 1. The van der Waals surface area contributed by atoms with Gasteiger partial charge in [0, 0.05) is 13.6 Å². The zero-order valence-corrected chi connectivity index (χ0v) is 16.3. The van der Waals surface area contributed by atoms with E-state index in [0.717, 1.165) is 21.7 Å². The molecule has 1 amide bonds. The van der Waals surface area contributed by atoms with Crippen molar-refractivity contribution in [2.45, 2.75) is 13.5 Å². The van der Waals surface area contributed by atoms with Gasteiger partial charge in [-0.3, -0.25) is 9.10 Å². The largest absolute Gasteiger partial charge is 0.454 e. The maximum atomic E-state index is 12.7. The van der Waals surface area contributed by atoms with Crippen molar-refractivity contribution >= 4 is 21.6 Å². The molecule has 27 heavy (non-hydrogen) atoms. The number of ether oxygens (including phenoxy) is 2. The van der Waals surface area contributed by atoms with Gasteiger partial charge >= 0.3 is 0 Å². The number of nitrogens with zero attached hydrogens (tertiary/aromatic N) is 2. The molecule has 2 aromatic rings. The topological polar surface area (TPSA) is 76.2 Å². The standard InChI is InChI=1S/C19H22N2O5S/c1-14-6-4-5-7-16(14)21(27(3,23)24)12-19(22)20(2)11-15-8-9-17-18(10-15)26-13-25-17/h4-10H,11-13H2,1-3H3. The Morgan fingerprint density at radius 3 is 2.52 bits per heavy atom. The van der Waals surface area contributed by atoms with E-state index >= 15 is 0 Å². The van der Waals surface area contributed by atoms with Gasteiger partial charge in [0.2, 0.25) is 22.7 Å². The van der Waals surface area contributed by atoms with Crippen LogP contribution in [0.15, 0.2) is 42.5 Å². The van der Waals surface area contributed by atoms with Crippen LogP contribution in [0.3, 0.4) is 0 Å². The van der Waals surface area contributed by atoms with Crippen LogP contribution in [0.1, 0.15) is 11.1 Å². The molecule has 1 heterocycles. The van der Waals surface area contributed by atoms with Crippen LogP contribution in [0.2, 0.25) is 0 Å². The van der Waals surface area contributed by atoms with E-state index in [1.807, 2.05) is 31.2 Å². The molecule has 0 saturated heterocycles. The van der Waals surface area contributed by atoms with E-state index in [4.69, 9.17) is 9.47 Å². The molecule has 0 unspecified atom stereocenters. The lowest BCUT2D eigenvalue weighted by atomic mass is 10.2. The molecule has 0 aromatic heterocycles. The maximum absolute atomic E-state index is 12.7. The number of likely N-dealkylation sites (N-methyl/N-ethyl adjacent to an activating group) is 1. The number of fused-ring (bicyclic) bond motifs is 1. The second-order valence-corrected chi connectivity index (χ2v) is 8.40. The van der Waals surface area contributed by atoms with E-state index in [0.29, 0.717) is 23.7 Å². The SMILES string of the molecule is Cc1ccccc1N(CC(=O)N(C)Cc1ccc2c(c1)OCO2)S(C)(=O)=O. The Bertz CT molecular complexity index is 958. The van der Waals surface area contributed by atoms with Gasteiger partial charge in [-0.1, -0.05) is 24.3 Å². The molecule has 0 aliphatic carbocycles. The Balaban J connectivity index is 1.74. The van der Waals surface area contributed by atoms with Crippen molar-refractivity contribution < 1.29 is 22.7 Å². The summed E-state index contributed by atoms with van der Waals surface area (Å²) in [5.41, 5.74) is 2.16. The monoisotopic (exact) mass is 390 g/mol. The van der Waals surface area contributed by atoms with Crippen LogP contribution in [-0.2, 0) is 21.4 Å². The Kier molecular flexibility index (Phi) is 5.27. The molecule has 0 atom stereocenters. The molecule has 8 heteroatoms. The van der Waals surface area contributed by atoms with Crippen molar-refractivity contribution in [1.82, 2.24) is 4.90 Å². The lowest BCUT2D eigenvalue weighted by Crippen LogP contribution is -2.41. The lowest BCUT2D eigenvalue weighted by Gasteiger charge is -2.26. The van der Waals surface area contributed by atoms with Crippen LogP contribution >= 0.6 is 0 Å². The number of sulfonamides is 1. The maximum Gasteiger partial charge on any atom is 0.243 e. The van der Waals surface area contributed by atoms with Crippen LogP contribution in [-0.4, -0.2) is 45.9 Å². The molecule has 0 spiro atoms. The van der Waals surface area contributed by atoms with Crippen LogP contribution in [0, 0.1) is 6.92 Å². The number of carbonyl (C=O) groups is 1. The quantitative estimate of drug-likeness (QED) is 0.755. The average molecular weight is 390 g/mol. The predicted molar refractivity (Wildman–Crippen MR) is 102 cm³/mol. The van der Waals surface area contributed by atoms with E-state index in [-0.39, 0.29) is 19.2 Å². The van der Waals surface area contributed by atoms with Gasteiger partial charge in [-0.05, 0) is 36.2 Å². The molecular weight excluding hydrogens is 368 g/mol. The number of hydrogen-bond acceptors (Lipinski definition) is 5. The normalized spacial score (nSPS) is 12.7. The Morgan fingerprint density at radius 1 is 1.11 bits per heavy atom. The number of para-hydroxylation sites is 1. The molecule has 3 rings (SSSR count). The fraction of sp³-hybridized carbons (Fsp3) is 0.316. The van der Waals surface area contributed by atoms with Crippen LogP contribution in [0.25, 0.3) is 0 Å². The summed E-state index contributed by atoms with van der Waals surface area (Å²) in [7, 11) is -1.96. The highest BCUT2D eigenvalue weighted by atomic mass is 32.2. The first kappa shape index (κ1) is 19.0. The molecule has 0 bridgehead atoms. The van der Waals surface area contributed by atoms with Gasteiger partial charge in [0.1, 0.15) is 6.54 Å². The van der Waals surface area contributed by atoms with Crippen molar-refractivity contribution in [3.63, 3.8) is 0 Å². The average Bonchev–Trinajstić information content (AvgIpc) is 3.07.